The lowest BCUT2D eigenvalue weighted by Crippen LogP contribution is -2.46. The maximum absolute atomic E-state index is 6.60. The van der Waals surface area contributed by atoms with Crippen LogP contribution in [0.2, 0.25) is 0 Å². The monoisotopic (exact) mass is 379 g/mol. The molecule has 1 fully saturated rings. The first kappa shape index (κ1) is 19.3. The van der Waals surface area contributed by atoms with Gasteiger partial charge >= 0.3 is 0 Å². The second-order valence-electron chi connectivity index (χ2n) is 9.10. The van der Waals surface area contributed by atoms with E-state index in [0.29, 0.717) is 5.92 Å². The van der Waals surface area contributed by atoms with Gasteiger partial charge in [-0.3, -0.25) is 0 Å². The predicted molar refractivity (Wildman–Crippen MR) is 114 cm³/mol. The summed E-state index contributed by atoms with van der Waals surface area (Å²) in [6, 6.07) is 16.8. The van der Waals surface area contributed by atoms with Crippen molar-refractivity contribution in [2.75, 3.05) is 0 Å². The van der Waals surface area contributed by atoms with Crippen molar-refractivity contribution in [1.29, 1.82) is 0 Å². The van der Waals surface area contributed by atoms with Crippen LogP contribution in [0.5, 0.6) is 11.5 Å². The summed E-state index contributed by atoms with van der Waals surface area (Å²) in [4.78, 5) is 0. The molecular weight excluding hydrogens is 346 g/mol. The second-order valence-corrected chi connectivity index (χ2v) is 9.10. The summed E-state index contributed by atoms with van der Waals surface area (Å²) in [6.45, 7) is 4.52. The van der Waals surface area contributed by atoms with Gasteiger partial charge in [-0.15, -0.1) is 0 Å². The van der Waals surface area contributed by atoms with Gasteiger partial charge in [0, 0.05) is 5.54 Å². The molecule has 3 heteroatoms. The zero-order chi connectivity index (χ0) is 19.6. The van der Waals surface area contributed by atoms with E-state index >= 15 is 0 Å². The molecule has 1 aliphatic heterocycles. The maximum atomic E-state index is 6.60. The van der Waals surface area contributed by atoms with Crippen LogP contribution < -0.4 is 15.2 Å². The number of rotatable bonds is 5. The number of hydrogen-bond donors (Lipinski definition) is 1. The molecule has 0 bridgehead atoms. The molecule has 0 aromatic heterocycles. The topological polar surface area (TPSA) is 44.5 Å². The van der Waals surface area contributed by atoms with Crippen LogP contribution in [0.15, 0.2) is 48.5 Å². The number of hydrogen-bond acceptors (Lipinski definition) is 3. The molecule has 0 saturated heterocycles. The molecule has 0 spiro atoms. The first-order valence-corrected chi connectivity index (χ1v) is 10.8. The predicted octanol–water partition coefficient (Wildman–Crippen LogP) is 5.82. The van der Waals surface area contributed by atoms with Gasteiger partial charge in [-0.2, -0.15) is 0 Å². The number of aryl methyl sites for hydroxylation is 1. The normalized spacial score (nSPS) is 27.1. The Labute approximate surface area is 169 Å². The van der Waals surface area contributed by atoms with Gasteiger partial charge in [-0.25, -0.2) is 0 Å². The van der Waals surface area contributed by atoms with E-state index in [2.05, 4.69) is 56.3 Å². The third kappa shape index (κ3) is 4.52. The molecule has 1 atom stereocenters. The second kappa shape index (κ2) is 8.16. The van der Waals surface area contributed by atoms with Crippen LogP contribution in [0.25, 0.3) is 0 Å². The van der Waals surface area contributed by atoms with Gasteiger partial charge in [0.05, 0.1) is 6.10 Å². The fraction of sp³-hybridized carbons (Fsp3) is 0.520. The zero-order valence-corrected chi connectivity index (χ0v) is 17.2. The Morgan fingerprint density at radius 3 is 2.54 bits per heavy atom. The SMILES string of the molecule is CC(C)CC1(N)CCC(Oc2ccc3c(c2)CCC(c2ccccc2)O3)CC1. The summed E-state index contributed by atoms with van der Waals surface area (Å²) >= 11 is 0. The molecule has 0 radical (unpaired) electrons. The van der Waals surface area contributed by atoms with E-state index in [0.717, 1.165) is 56.4 Å². The molecule has 1 heterocycles. The average molecular weight is 380 g/mol. The molecule has 3 nitrogen and oxygen atoms in total. The van der Waals surface area contributed by atoms with Crippen LogP contribution in [0.1, 0.15) is 69.6 Å². The summed E-state index contributed by atoms with van der Waals surface area (Å²) in [5.74, 6) is 2.62. The van der Waals surface area contributed by atoms with Crippen molar-refractivity contribution >= 4 is 0 Å². The number of fused-ring (bicyclic) bond motifs is 1. The van der Waals surface area contributed by atoms with E-state index in [1.807, 2.05) is 6.07 Å². The van der Waals surface area contributed by atoms with Crippen molar-refractivity contribution < 1.29 is 9.47 Å². The van der Waals surface area contributed by atoms with Crippen LogP contribution in [0, 0.1) is 5.92 Å². The van der Waals surface area contributed by atoms with Gasteiger partial charge in [0.1, 0.15) is 17.6 Å². The van der Waals surface area contributed by atoms with E-state index in [4.69, 9.17) is 15.2 Å². The van der Waals surface area contributed by atoms with E-state index in [1.54, 1.807) is 0 Å². The fourth-order valence-corrected chi connectivity index (χ4v) is 4.83. The van der Waals surface area contributed by atoms with Gasteiger partial charge in [0.2, 0.25) is 0 Å². The highest BCUT2D eigenvalue weighted by Crippen LogP contribution is 2.38. The van der Waals surface area contributed by atoms with Gasteiger partial charge < -0.3 is 15.2 Å². The molecule has 0 amide bonds. The largest absolute Gasteiger partial charge is 0.490 e. The van der Waals surface area contributed by atoms with Crippen LogP contribution >= 0.6 is 0 Å². The minimum Gasteiger partial charge on any atom is -0.490 e. The summed E-state index contributed by atoms with van der Waals surface area (Å²) in [5.41, 5.74) is 9.11. The van der Waals surface area contributed by atoms with Crippen LogP contribution in [0.3, 0.4) is 0 Å². The Bertz CT molecular complexity index is 778. The lowest BCUT2D eigenvalue weighted by molar-refractivity contribution is 0.109. The molecule has 2 aromatic carbocycles. The summed E-state index contributed by atoms with van der Waals surface area (Å²) in [7, 11) is 0. The Morgan fingerprint density at radius 1 is 1.07 bits per heavy atom. The van der Waals surface area contributed by atoms with Crippen molar-refractivity contribution in [3.63, 3.8) is 0 Å². The van der Waals surface area contributed by atoms with Crippen molar-refractivity contribution in [2.45, 2.75) is 76.5 Å². The van der Waals surface area contributed by atoms with Crippen molar-refractivity contribution in [1.82, 2.24) is 0 Å². The van der Waals surface area contributed by atoms with Crippen LogP contribution in [-0.2, 0) is 6.42 Å². The fourth-order valence-electron chi connectivity index (χ4n) is 4.83. The first-order valence-electron chi connectivity index (χ1n) is 10.8. The van der Waals surface area contributed by atoms with Crippen molar-refractivity contribution in [3.8, 4) is 11.5 Å². The number of ether oxygens (including phenoxy) is 2. The molecule has 2 aromatic rings. The summed E-state index contributed by atoms with van der Waals surface area (Å²) < 4.78 is 12.6. The number of benzene rings is 2. The Hall–Kier alpha value is -2.00. The lowest BCUT2D eigenvalue weighted by Gasteiger charge is -2.38. The van der Waals surface area contributed by atoms with Gasteiger partial charge in [0.15, 0.2) is 0 Å². The molecule has 28 heavy (non-hydrogen) atoms. The molecule has 2 aliphatic rings. The Kier molecular flexibility index (Phi) is 5.63. The molecule has 2 N–H and O–H groups in total. The molecule has 150 valence electrons. The maximum Gasteiger partial charge on any atom is 0.124 e. The number of nitrogens with two attached hydrogens (primary N) is 1. The highest BCUT2D eigenvalue weighted by Gasteiger charge is 2.33. The summed E-state index contributed by atoms with van der Waals surface area (Å²) in [6.07, 6.45) is 7.79. The Balaban J connectivity index is 1.36. The average Bonchev–Trinajstić information content (AvgIpc) is 2.69. The molecule has 4 rings (SSSR count). The van der Waals surface area contributed by atoms with Gasteiger partial charge in [-0.05, 0) is 80.2 Å². The smallest absolute Gasteiger partial charge is 0.124 e. The zero-order valence-electron chi connectivity index (χ0n) is 17.2. The van der Waals surface area contributed by atoms with E-state index < -0.39 is 0 Å². The van der Waals surface area contributed by atoms with Gasteiger partial charge in [0.25, 0.3) is 0 Å². The minimum atomic E-state index is 0.00414. The highest BCUT2D eigenvalue weighted by molar-refractivity contribution is 5.42. The van der Waals surface area contributed by atoms with Crippen LogP contribution in [-0.4, -0.2) is 11.6 Å². The van der Waals surface area contributed by atoms with Crippen LogP contribution in [0.4, 0.5) is 0 Å². The highest BCUT2D eigenvalue weighted by atomic mass is 16.5. The quantitative estimate of drug-likeness (QED) is 0.712. The van der Waals surface area contributed by atoms with Crippen molar-refractivity contribution in [3.05, 3.63) is 59.7 Å². The third-order valence-corrected chi connectivity index (χ3v) is 6.19. The Morgan fingerprint density at radius 2 is 1.82 bits per heavy atom. The molecular formula is C25H33NO2. The van der Waals surface area contributed by atoms with E-state index in [9.17, 15) is 0 Å². The standard InChI is InChI=1S/C25H33NO2/c1-18(2)17-25(26)14-12-21(13-15-25)27-22-9-11-24-20(16-22)8-10-23(28-24)19-6-4-3-5-7-19/h3-7,9,11,16,18,21,23H,8,10,12-15,17,26H2,1-2H3. The summed E-state index contributed by atoms with van der Waals surface area (Å²) in [5, 5.41) is 0. The van der Waals surface area contributed by atoms with Crippen molar-refractivity contribution in [2.24, 2.45) is 11.7 Å². The first-order chi connectivity index (χ1) is 13.5. The van der Waals surface area contributed by atoms with Gasteiger partial charge in [-0.1, -0.05) is 44.2 Å². The lowest BCUT2D eigenvalue weighted by atomic mass is 9.76. The molecule has 1 aliphatic carbocycles. The van der Waals surface area contributed by atoms with E-state index in [-0.39, 0.29) is 17.7 Å². The minimum absolute atomic E-state index is 0.00414. The molecule has 1 unspecified atom stereocenters. The van der Waals surface area contributed by atoms with E-state index in [1.165, 1.54) is 11.1 Å². The molecule has 1 saturated carbocycles. The third-order valence-electron chi connectivity index (χ3n) is 6.19.